The summed E-state index contributed by atoms with van der Waals surface area (Å²) in [4.78, 5) is 11.4. The molecule has 0 amide bonds. The van der Waals surface area contributed by atoms with E-state index in [4.69, 9.17) is 40.6 Å². The van der Waals surface area contributed by atoms with Crippen LogP contribution in [-0.2, 0) is 10.4 Å². The number of nitrogens with two attached hydrogens (primary N) is 2. The fourth-order valence-electron chi connectivity index (χ4n) is 0.681. The second-order valence-corrected chi connectivity index (χ2v) is 3.90. The molecule has 0 fully saturated rings. The fraction of sp³-hybridized carbons (Fsp3) is 0.167. The molecule has 6 N–H and O–H groups in total. The lowest BCUT2D eigenvalue weighted by Crippen LogP contribution is -2.22. The highest BCUT2D eigenvalue weighted by Gasteiger charge is 1.97. The van der Waals surface area contributed by atoms with Crippen molar-refractivity contribution < 1.29 is 17.5 Å². The zero-order valence-corrected chi connectivity index (χ0v) is 10.1. The standard InChI is InChI=1S/C6H8ClN5.H2O4S/c1-3-2-4(7)11-6(10-3)12-5(8)9;1-5(2,3)4/h2H,1H3,(H4,8,9,10,11,12);(H2,1,2,3,4). The van der Waals surface area contributed by atoms with E-state index in [2.05, 4.69) is 15.0 Å². The van der Waals surface area contributed by atoms with Crippen molar-refractivity contribution in [2.45, 2.75) is 6.92 Å². The van der Waals surface area contributed by atoms with Gasteiger partial charge in [-0.25, -0.2) is 4.98 Å². The van der Waals surface area contributed by atoms with E-state index in [1.807, 2.05) is 0 Å². The van der Waals surface area contributed by atoms with E-state index in [1.165, 1.54) is 0 Å². The van der Waals surface area contributed by atoms with Gasteiger partial charge in [-0.05, 0) is 13.0 Å². The van der Waals surface area contributed by atoms with Gasteiger partial charge in [-0.2, -0.15) is 18.4 Å². The summed E-state index contributed by atoms with van der Waals surface area (Å²) in [6, 6.07) is 1.62. The van der Waals surface area contributed by atoms with E-state index in [0.29, 0.717) is 5.15 Å². The number of hydrogen-bond donors (Lipinski definition) is 4. The number of aliphatic imine (C=N–C) groups is 1. The molecule has 1 aromatic rings. The van der Waals surface area contributed by atoms with Crippen LogP contribution in [0.5, 0.6) is 0 Å². The maximum absolute atomic E-state index is 8.74. The molecule has 0 aliphatic carbocycles. The predicted molar refractivity (Wildman–Crippen MR) is 61.4 cm³/mol. The summed E-state index contributed by atoms with van der Waals surface area (Å²) in [6.45, 7) is 1.78. The van der Waals surface area contributed by atoms with E-state index in [0.717, 1.165) is 5.69 Å². The van der Waals surface area contributed by atoms with Crippen LogP contribution in [0, 0.1) is 6.92 Å². The van der Waals surface area contributed by atoms with Crippen LogP contribution in [0.4, 0.5) is 5.95 Å². The molecule has 0 atom stereocenters. The Balaban J connectivity index is 0.000000437. The minimum Gasteiger partial charge on any atom is -0.370 e. The Kier molecular flexibility index (Phi) is 5.74. The first-order chi connectivity index (χ1) is 7.58. The van der Waals surface area contributed by atoms with E-state index in [9.17, 15) is 0 Å². The van der Waals surface area contributed by atoms with E-state index >= 15 is 0 Å². The highest BCUT2D eigenvalue weighted by molar-refractivity contribution is 7.79. The zero-order valence-electron chi connectivity index (χ0n) is 8.57. The summed E-state index contributed by atoms with van der Waals surface area (Å²) < 4.78 is 31.6. The van der Waals surface area contributed by atoms with Gasteiger partial charge < -0.3 is 11.5 Å². The molecule has 9 nitrogen and oxygen atoms in total. The maximum Gasteiger partial charge on any atom is 0.394 e. The van der Waals surface area contributed by atoms with Gasteiger partial charge in [-0.3, -0.25) is 9.11 Å². The number of rotatable bonds is 1. The first-order valence-electron chi connectivity index (χ1n) is 3.88. The summed E-state index contributed by atoms with van der Waals surface area (Å²) in [5.41, 5.74) is 11.0. The van der Waals surface area contributed by atoms with E-state index in [-0.39, 0.29) is 11.9 Å². The molecule has 0 bridgehead atoms. The molecular weight excluding hydrogens is 274 g/mol. The number of guanidine groups is 1. The van der Waals surface area contributed by atoms with Gasteiger partial charge >= 0.3 is 10.4 Å². The normalized spacial score (nSPS) is 10.1. The summed E-state index contributed by atoms with van der Waals surface area (Å²) >= 11 is 5.63. The second kappa shape index (κ2) is 6.30. The van der Waals surface area contributed by atoms with Crippen LogP contribution in [0.3, 0.4) is 0 Å². The Hall–Kier alpha value is -1.49. The smallest absolute Gasteiger partial charge is 0.370 e. The third-order valence-corrected chi connectivity index (χ3v) is 1.23. The van der Waals surface area contributed by atoms with Crippen LogP contribution >= 0.6 is 11.6 Å². The van der Waals surface area contributed by atoms with Crippen molar-refractivity contribution in [2.24, 2.45) is 16.5 Å². The molecule has 0 aliphatic heterocycles. The van der Waals surface area contributed by atoms with Crippen LogP contribution in [0.15, 0.2) is 11.1 Å². The predicted octanol–water partition coefficient (Wildman–Crippen LogP) is -0.309. The lowest BCUT2D eigenvalue weighted by Gasteiger charge is -1.96. The van der Waals surface area contributed by atoms with Gasteiger partial charge in [0.05, 0.1) is 0 Å². The third-order valence-electron chi connectivity index (χ3n) is 1.04. The van der Waals surface area contributed by atoms with Crippen molar-refractivity contribution >= 4 is 33.9 Å². The fourth-order valence-corrected chi connectivity index (χ4v) is 0.914. The highest BCUT2D eigenvalue weighted by atomic mass is 35.5. The third kappa shape index (κ3) is 10.8. The lowest BCUT2D eigenvalue weighted by atomic mass is 10.5. The Labute approximate surface area is 102 Å². The van der Waals surface area contributed by atoms with Crippen LogP contribution in [0.2, 0.25) is 5.15 Å². The summed E-state index contributed by atoms with van der Waals surface area (Å²) in [6.07, 6.45) is 0. The molecule has 1 aromatic heterocycles. The molecule has 1 rings (SSSR count). The van der Waals surface area contributed by atoms with Gasteiger partial charge in [0.15, 0.2) is 5.96 Å². The average molecular weight is 284 g/mol. The van der Waals surface area contributed by atoms with Gasteiger partial charge in [0.25, 0.3) is 5.95 Å². The number of aromatic nitrogens is 2. The van der Waals surface area contributed by atoms with E-state index < -0.39 is 10.4 Å². The molecule has 0 saturated carbocycles. The molecule has 11 heteroatoms. The topological polar surface area (TPSA) is 165 Å². The number of aryl methyl sites for hydroxylation is 1. The monoisotopic (exact) mass is 283 g/mol. The van der Waals surface area contributed by atoms with Crippen LogP contribution in [-0.4, -0.2) is 33.5 Å². The summed E-state index contributed by atoms with van der Waals surface area (Å²) in [5, 5.41) is 0.322. The molecule has 0 spiro atoms. The minimum absolute atomic E-state index is 0.0864. The Morgan fingerprint density at radius 2 is 1.88 bits per heavy atom. The van der Waals surface area contributed by atoms with Gasteiger partial charge in [0.2, 0.25) is 0 Å². The van der Waals surface area contributed by atoms with Crippen molar-refractivity contribution in [3.8, 4) is 0 Å². The maximum atomic E-state index is 8.74. The summed E-state index contributed by atoms with van der Waals surface area (Å²) in [7, 11) is -4.67. The molecule has 96 valence electrons. The molecule has 0 aliphatic rings. The Morgan fingerprint density at radius 1 is 1.41 bits per heavy atom. The van der Waals surface area contributed by atoms with Crippen LogP contribution in [0.25, 0.3) is 0 Å². The van der Waals surface area contributed by atoms with Gasteiger partial charge in [-0.15, -0.1) is 0 Å². The van der Waals surface area contributed by atoms with Crippen LogP contribution < -0.4 is 11.5 Å². The summed E-state index contributed by atoms with van der Waals surface area (Å²) in [5.74, 6) is 0.0941. The Bertz CT molecular complexity index is 485. The van der Waals surface area contributed by atoms with Crippen molar-refractivity contribution in [2.75, 3.05) is 0 Å². The molecule has 0 aromatic carbocycles. The van der Waals surface area contributed by atoms with Crippen molar-refractivity contribution in [1.29, 1.82) is 0 Å². The molecule has 0 saturated heterocycles. The molecule has 1 heterocycles. The minimum atomic E-state index is -4.67. The SMILES string of the molecule is Cc1cc(Cl)nc(N=C(N)N)n1.O=S(=O)(O)O. The van der Waals surface area contributed by atoms with Gasteiger partial charge in [0, 0.05) is 5.69 Å². The molecule has 0 unspecified atom stereocenters. The first kappa shape index (κ1) is 15.5. The van der Waals surface area contributed by atoms with Crippen molar-refractivity contribution in [3.63, 3.8) is 0 Å². The van der Waals surface area contributed by atoms with Gasteiger partial charge in [-0.1, -0.05) is 11.6 Å². The van der Waals surface area contributed by atoms with Crippen molar-refractivity contribution in [1.82, 2.24) is 9.97 Å². The highest BCUT2D eigenvalue weighted by Crippen LogP contribution is 2.11. The van der Waals surface area contributed by atoms with Crippen molar-refractivity contribution in [3.05, 3.63) is 16.9 Å². The lowest BCUT2D eigenvalue weighted by molar-refractivity contribution is 0.381. The zero-order chi connectivity index (χ0) is 13.6. The molecule has 17 heavy (non-hydrogen) atoms. The Morgan fingerprint density at radius 3 is 2.24 bits per heavy atom. The van der Waals surface area contributed by atoms with E-state index in [1.54, 1.807) is 13.0 Å². The largest absolute Gasteiger partial charge is 0.394 e. The number of nitrogens with zero attached hydrogens (tertiary/aromatic N) is 3. The average Bonchev–Trinajstić information content (AvgIpc) is 1.95. The molecule has 0 radical (unpaired) electrons. The van der Waals surface area contributed by atoms with Crippen LogP contribution in [0.1, 0.15) is 5.69 Å². The van der Waals surface area contributed by atoms with Gasteiger partial charge in [0.1, 0.15) is 5.15 Å². The second-order valence-electron chi connectivity index (χ2n) is 2.62. The quantitative estimate of drug-likeness (QED) is 0.236. The molecular formula is C6H10ClN5O4S. The number of halogens is 1. The first-order valence-corrected chi connectivity index (χ1v) is 5.66. The number of hydrogen-bond acceptors (Lipinski definition) is 5.